The molecule has 0 spiro atoms. The molecule has 9 heteroatoms. The second kappa shape index (κ2) is 9.56. The van der Waals surface area contributed by atoms with Crippen molar-refractivity contribution >= 4 is 46.3 Å². The van der Waals surface area contributed by atoms with Crippen molar-refractivity contribution in [2.75, 3.05) is 30.9 Å². The molecule has 1 atom stereocenters. The number of nitrogen functional groups attached to an aromatic ring is 1. The lowest BCUT2D eigenvalue weighted by Gasteiger charge is -2.25. The fourth-order valence-electron chi connectivity index (χ4n) is 4.08. The number of fused-ring (bicyclic) bond motifs is 1. The Balaban J connectivity index is 0.00000272. The van der Waals surface area contributed by atoms with Crippen LogP contribution in [0.2, 0.25) is 5.02 Å². The molecule has 7 nitrogen and oxygen atoms in total. The number of nitrogens with two attached hydrogens (primary N) is 1. The van der Waals surface area contributed by atoms with Gasteiger partial charge in [0.25, 0.3) is 0 Å². The van der Waals surface area contributed by atoms with E-state index in [4.69, 9.17) is 22.1 Å². The van der Waals surface area contributed by atoms with E-state index in [1.54, 1.807) is 13.2 Å². The van der Waals surface area contributed by atoms with E-state index in [-0.39, 0.29) is 25.1 Å². The van der Waals surface area contributed by atoms with E-state index in [1.165, 1.54) is 0 Å². The molecule has 4 rings (SSSR count). The molecule has 0 unspecified atom stereocenters. The predicted octanol–water partition coefficient (Wildman–Crippen LogP) is 3.72. The van der Waals surface area contributed by atoms with Crippen molar-refractivity contribution in [2.45, 2.75) is 25.3 Å². The highest BCUT2D eigenvalue weighted by molar-refractivity contribution is 6.32. The average Bonchev–Trinajstić information content (AvgIpc) is 3.23. The summed E-state index contributed by atoms with van der Waals surface area (Å²) in [7, 11) is 1.57. The van der Waals surface area contributed by atoms with E-state index < -0.39 is 0 Å². The number of aliphatic hydroxyl groups is 1. The summed E-state index contributed by atoms with van der Waals surface area (Å²) in [5, 5.41) is 30.3. The second-order valence-corrected chi connectivity index (χ2v) is 7.76. The molecule has 3 aromatic rings. The Morgan fingerprint density at radius 3 is 2.81 bits per heavy atom. The lowest BCUT2D eigenvalue weighted by atomic mass is 10.00. The average molecular weight is 460 g/mol. The molecule has 31 heavy (non-hydrogen) atoms. The van der Waals surface area contributed by atoms with Gasteiger partial charge in [-0.1, -0.05) is 17.7 Å². The molecule has 0 radical (unpaired) electrons. The van der Waals surface area contributed by atoms with Crippen LogP contribution < -0.4 is 15.4 Å². The number of anilines is 2. The molecule has 1 aliphatic heterocycles. The Hall–Kier alpha value is -2.79. The van der Waals surface area contributed by atoms with Crippen LogP contribution in [0.5, 0.6) is 5.75 Å². The summed E-state index contributed by atoms with van der Waals surface area (Å²) in [5.74, 6) is 1.29. The number of methoxy groups -OCH3 is 1. The van der Waals surface area contributed by atoms with E-state index in [1.807, 2.05) is 24.3 Å². The fraction of sp³-hybridized carbons (Fsp3) is 0.318. The summed E-state index contributed by atoms with van der Waals surface area (Å²) >= 11 is 6.28. The molecule has 0 saturated carbocycles. The number of hydrogen-bond donors (Lipinski definition) is 2. The summed E-state index contributed by atoms with van der Waals surface area (Å²) in [6.45, 7) is 0.851. The van der Waals surface area contributed by atoms with E-state index in [2.05, 4.69) is 21.2 Å². The normalized spacial score (nSPS) is 15.5. The molecule has 1 aromatic heterocycles. The van der Waals surface area contributed by atoms with E-state index in [9.17, 15) is 10.4 Å². The number of halogens is 2. The largest absolute Gasteiger partial charge is 0.495 e. The lowest BCUT2D eigenvalue weighted by molar-refractivity contribution is 0.266. The standard InChI is InChI=1S/C22H22ClN5O2.ClH/c1-30-19-7-4-13(9-17(19)23)10-18-20-16(6-5-14(11-24)21(20)25)22(27-26-18)28-8-2-3-15(28)12-29;/h4-7,9,15,29H,2-3,8,10,12,25H2,1H3;1H/t15-;/m0./s1. The van der Waals surface area contributed by atoms with Gasteiger partial charge < -0.3 is 20.5 Å². The van der Waals surface area contributed by atoms with Gasteiger partial charge in [-0.2, -0.15) is 10.4 Å². The molecule has 162 valence electrons. The minimum absolute atomic E-state index is 0. The van der Waals surface area contributed by atoms with Gasteiger partial charge in [0, 0.05) is 23.7 Å². The molecule has 0 amide bonds. The van der Waals surface area contributed by atoms with Crippen LogP contribution in [0.4, 0.5) is 11.5 Å². The van der Waals surface area contributed by atoms with Crippen LogP contribution in [-0.2, 0) is 6.42 Å². The number of nitrogens with zero attached hydrogens (tertiary/aromatic N) is 4. The van der Waals surface area contributed by atoms with Gasteiger partial charge in [-0.25, -0.2) is 0 Å². The quantitative estimate of drug-likeness (QED) is 0.559. The third kappa shape index (κ3) is 4.19. The number of aromatic nitrogens is 2. The number of nitriles is 1. The Labute approximate surface area is 191 Å². The van der Waals surface area contributed by atoms with Gasteiger partial charge in [-0.15, -0.1) is 17.5 Å². The Kier molecular flexibility index (Phi) is 7.06. The van der Waals surface area contributed by atoms with Crippen LogP contribution in [0, 0.1) is 11.3 Å². The van der Waals surface area contributed by atoms with Crippen LogP contribution in [0.3, 0.4) is 0 Å². The number of benzene rings is 2. The smallest absolute Gasteiger partial charge is 0.159 e. The summed E-state index contributed by atoms with van der Waals surface area (Å²) < 4.78 is 5.22. The van der Waals surface area contributed by atoms with Crippen molar-refractivity contribution in [1.29, 1.82) is 5.26 Å². The highest BCUT2D eigenvalue weighted by Crippen LogP contribution is 2.36. The van der Waals surface area contributed by atoms with E-state index in [0.717, 1.165) is 35.7 Å². The Morgan fingerprint density at radius 2 is 2.13 bits per heavy atom. The van der Waals surface area contributed by atoms with Crippen molar-refractivity contribution in [3.05, 3.63) is 52.2 Å². The van der Waals surface area contributed by atoms with Gasteiger partial charge in [0.05, 0.1) is 41.7 Å². The number of ether oxygens (including phenoxy) is 1. The van der Waals surface area contributed by atoms with Crippen molar-refractivity contribution in [1.82, 2.24) is 10.2 Å². The Morgan fingerprint density at radius 1 is 1.32 bits per heavy atom. The summed E-state index contributed by atoms with van der Waals surface area (Å²) in [6.07, 6.45) is 2.33. The molecule has 0 aliphatic carbocycles. The maximum Gasteiger partial charge on any atom is 0.159 e. The predicted molar refractivity (Wildman–Crippen MR) is 124 cm³/mol. The Bertz CT molecular complexity index is 1150. The zero-order valence-corrected chi connectivity index (χ0v) is 18.6. The zero-order chi connectivity index (χ0) is 21.3. The maximum absolute atomic E-state index is 9.74. The molecule has 1 fully saturated rings. The molecular formula is C22H23Cl2N5O2. The van der Waals surface area contributed by atoms with Gasteiger partial charge in [0.15, 0.2) is 5.82 Å². The second-order valence-electron chi connectivity index (χ2n) is 7.35. The summed E-state index contributed by atoms with van der Waals surface area (Å²) in [4.78, 5) is 2.08. The minimum Gasteiger partial charge on any atom is -0.495 e. The minimum atomic E-state index is 0. The van der Waals surface area contributed by atoms with Crippen molar-refractivity contribution < 1.29 is 9.84 Å². The van der Waals surface area contributed by atoms with Gasteiger partial charge in [0.2, 0.25) is 0 Å². The highest BCUT2D eigenvalue weighted by Gasteiger charge is 2.28. The molecule has 2 aromatic carbocycles. The zero-order valence-electron chi connectivity index (χ0n) is 17.0. The lowest BCUT2D eigenvalue weighted by Crippen LogP contribution is -2.33. The van der Waals surface area contributed by atoms with E-state index >= 15 is 0 Å². The SMILES string of the molecule is COc1ccc(Cc2nnc(N3CCC[C@H]3CO)c3ccc(C#N)c(N)c23)cc1Cl.Cl. The fourth-order valence-corrected chi connectivity index (χ4v) is 4.36. The van der Waals surface area contributed by atoms with Gasteiger partial charge in [0.1, 0.15) is 11.8 Å². The van der Waals surface area contributed by atoms with Crippen molar-refractivity contribution in [3.8, 4) is 11.8 Å². The maximum atomic E-state index is 9.74. The first-order chi connectivity index (χ1) is 14.6. The van der Waals surface area contributed by atoms with Crippen molar-refractivity contribution in [2.24, 2.45) is 0 Å². The van der Waals surface area contributed by atoms with Gasteiger partial charge in [-0.05, 0) is 42.7 Å². The molecule has 1 saturated heterocycles. The van der Waals surface area contributed by atoms with Crippen LogP contribution >= 0.6 is 24.0 Å². The number of rotatable bonds is 5. The monoisotopic (exact) mass is 459 g/mol. The molecular weight excluding hydrogens is 437 g/mol. The van der Waals surface area contributed by atoms with Gasteiger partial charge >= 0.3 is 0 Å². The van der Waals surface area contributed by atoms with E-state index in [0.29, 0.717) is 40.0 Å². The highest BCUT2D eigenvalue weighted by atomic mass is 35.5. The third-order valence-electron chi connectivity index (χ3n) is 5.61. The first-order valence-electron chi connectivity index (χ1n) is 9.75. The van der Waals surface area contributed by atoms with Crippen LogP contribution in [0.25, 0.3) is 10.8 Å². The molecule has 0 bridgehead atoms. The first-order valence-corrected chi connectivity index (χ1v) is 10.1. The summed E-state index contributed by atoms with van der Waals surface area (Å²) in [5.41, 5.74) is 8.78. The molecule has 1 aliphatic rings. The van der Waals surface area contributed by atoms with Crippen LogP contribution in [-0.4, -0.2) is 41.6 Å². The number of hydrogen-bond acceptors (Lipinski definition) is 7. The number of aliphatic hydroxyl groups excluding tert-OH is 1. The van der Waals surface area contributed by atoms with Crippen LogP contribution in [0.15, 0.2) is 30.3 Å². The van der Waals surface area contributed by atoms with Crippen LogP contribution in [0.1, 0.15) is 29.7 Å². The van der Waals surface area contributed by atoms with Crippen molar-refractivity contribution in [3.63, 3.8) is 0 Å². The molecule has 2 heterocycles. The van der Waals surface area contributed by atoms with Gasteiger partial charge in [-0.3, -0.25) is 0 Å². The molecule has 3 N–H and O–H groups in total. The third-order valence-corrected chi connectivity index (χ3v) is 5.90. The summed E-state index contributed by atoms with van der Waals surface area (Å²) in [6, 6.07) is 11.3. The first kappa shape index (κ1) is 22.9. The topological polar surface area (TPSA) is 108 Å².